The number of nitrogens with zero attached hydrogens (tertiary/aromatic N) is 5. The zero-order valence-electron chi connectivity index (χ0n) is 21.6. The van der Waals surface area contributed by atoms with E-state index < -0.39 is 0 Å². The van der Waals surface area contributed by atoms with Crippen molar-refractivity contribution < 1.29 is 14.3 Å². The molecular formula is C26H38N6O3. The Balaban J connectivity index is 1.46. The molecule has 1 fully saturated rings. The zero-order valence-corrected chi connectivity index (χ0v) is 21.6. The van der Waals surface area contributed by atoms with Crippen molar-refractivity contribution >= 4 is 11.7 Å². The van der Waals surface area contributed by atoms with Gasteiger partial charge in [-0.05, 0) is 52.5 Å². The fourth-order valence-electron chi connectivity index (χ4n) is 4.70. The van der Waals surface area contributed by atoms with Crippen LogP contribution in [0.5, 0.6) is 5.75 Å². The molecule has 35 heavy (non-hydrogen) atoms. The van der Waals surface area contributed by atoms with Crippen LogP contribution in [-0.4, -0.2) is 84.3 Å². The number of likely N-dealkylation sites (N-methyl/N-ethyl adjacent to an activating group) is 1. The lowest BCUT2D eigenvalue weighted by Crippen LogP contribution is -2.45. The summed E-state index contributed by atoms with van der Waals surface area (Å²) < 4.78 is 11.5. The van der Waals surface area contributed by atoms with Crippen LogP contribution in [-0.2, 0) is 22.4 Å². The summed E-state index contributed by atoms with van der Waals surface area (Å²) >= 11 is 0. The summed E-state index contributed by atoms with van der Waals surface area (Å²) in [5.74, 6) is 2.09. The molecular weight excluding hydrogens is 444 g/mol. The summed E-state index contributed by atoms with van der Waals surface area (Å²) in [4.78, 5) is 31.0. The third-order valence-electron chi connectivity index (χ3n) is 6.37. The molecule has 0 saturated carbocycles. The van der Waals surface area contributed by atoms with E-state index in [0.717, 1.165) is 68.1 Å². The molecule has 0 unspecified atom stereocenters. The maximum Gasteiger partial charge on any atom is 0.239 e. The monoisotopic (exact) mass is 482 g/mol. The number of pyridine rings is 1. The number of nitrogens with one attached hydrogen (secondary N) is 1. The Morgan fingerprint density at radius 2 is 2.11 bits per heavy atom. The maximum atomic E-state index is 12.5. The van der Waals surface area contributed by atoms with Crippen LogP contribution in [0, 0.1) is 0 Å². The number of hydrogen-bond donors (Lipinski definition) is 1. The van der Waals surface area contributed by atoms with Gasteiger partial charge in [0.2, 0.25) is 5.91 Å². The van der Waals surface area contributed by atoms with Crippen LogP contribution in [0.15, 0.2) is 18.3 Å². The molecule has 9 heteroatoms. The summed E-state index contributed by atoms with van der Waals surface area (Å²) in [6.07, 6.45) is 6.01. The molecule has 2 aromatic heterocycles. The first kappa shape index (κ1) is 25.3. The van der Waals surface area contributed by atoms with Crippen molar-refractivity contribution in [1.82, 2.24) is 25.2 Å². The van der Waals surface area contributed by atoms with E-state index in [9.17, 15) is 4.79 Å². The molecule has 2 aromatic rings. The summed E-state index contributed by atoms with van der Waals surface area (Å²) in [5.41, 5.74) is 2.57. The second kappa shape index (κ2) is 10.9. The summed E-state index contributed by atoms with van der Waals surface area (Å²) in [6, 6.07) is 3.76. The predicted octanol–water partition coefficient (Wildman–Crippen LogP) is 2.48. The molecule has 0 radical (unpaired) electrons. The standard InChI is InChI=1S/C26H38N6O3/c1-26(2,3)30-23(33)17-31(4)25-20-7-6-8-21(20)28-24(29-25)22-15-18(9-11-27-22)35-14-13-32-12-10-19(16-32)34-5/h9,11,15,19H,6-8,10,12-14,16-17H2,1-5H3,(H,30,33)/t19-/m0/s1. The first-order valence-corrected chi connectivity index (χ1v) is 12.5. The maximum absolute atomic E-state index is 12.5. The van der Waals surface area contributed by atoms with E-state index in [1.54, 1.807) is 13.3 Å². The molecule has 190 valence electrons. The van der Waals surface area contributed by atoms with Crippen molar-refractivity contribution in [2.24, 2.45) is 0 Å². The van der Waals surface area contributed by atoms with Crippen molar-refractivity contribution in [2.75, 3.05) is 51.8 Å². The second-order valence-electron chi connectivity index (χ2n) is 10.5. The van der Waals surface area contributed by atoms with Gasteiger partial charge in [-0.3, -0.25) is 14.7 Å². The van der Waals surface area contributed by atoms with E-state index in [1.807, 2.05) is 44.9 Å². The quantitative estimate of drug-likeness (QED) is 0.583. The van der Waals surface area contributed by atoms with Gasteiger partial charge in [0.1, 0.15) is 23.9 Å². The van der Waals surface area contributed by atoms with Crippen molar-refractivity contribution in [3.63, 3.8) is 0 Å². The van der Waals surface area contributed by atoms with Crippen molar-refractivity contribution in [2.45, 2.75) is 58.1 Å². The van der Waals surface area contributed by atoms with Gasteiger partial charge in [0.25, 0.3) is 0 Å². The van der Waals surface area contributed by atoms with Crippen LogP contribution in [0.1, 0.15) is 44.9 Å². The second-order valence-corrected chi connectivity index (χ2v) is 10.5. The number of carbonyl (C=O) groups excluding carboxylic acids is 1. The van der Waals surface area contributed by atoms with Crippen LogP contribution in [0.3, 0.4) is 0 Å². The van der Waals surface area contributed by atoms with Gasteiger partial charge < -0.3 is 19.7 Å². The molecule has 2 aliphatic rings. The van der Waals surface area contributed by atoms with Gasteiger partial charge in [-0.15, -0.1) is 0 Å². The van der Waals surface area contributed by atoms with Gasteiger partial charge in [-0.25, -0.2) is 9.97 Å². The van der Waals surface area contributed by atoms with Crippen LogP contribution in [0.4, 0.5) is 5.82 Å². The third-order valence-corrected chi connectivity index (χ3v) is 6.37. The molecule has 0 bridgehead atoms. The lowest BCUT2D eigenvalue weighted by atomic mass is 10.1. The van der Waals surface area contributed by atoms with Crippen LogP contribution >= 0.6 is 0 Å². The highest BCUT2D eigenvalue weighted by atomic mass is 16.5. The molecule has 9 nitrogen and oxygen atoms in total. The Kier molecular flexibility index (Phi) is 7.86. The highest BCUT2D eigenvalue weighted by Crippen LogP contribution is 2.31. The fraction of sp³-hybridized carbons (Fsp3) is 0.615. The van der Waals surface area contributed by atoms with E-state index in [4.69, 9.17) is 19.4 Å². The van der Waals surface area contributed by atoms with Crippen LogP contribution in [0.2, 0.25) is 0 Å². The molecule has 1 aliphatic carbocycles. The average Bonchev–Trinajstić information content (AvgIpc) is 3.46. The van der Waals surface area contributed by atoms with E-state index in [1.165, 1.54) is 0 Å². The Morgan fingerprint density at radius 3 is 2.86 bits per heavy atom. The topological polar surface area (TPSA) is 92.7 Å². The molecule has 4 rings (SSSR count). The Labute approximate surface area is 208 Å². The number of aryl methyl sites for hydroxylation is 1. The Bertz CT molecular complexity index is 1040. The van der Waals surface area contributed by atoms with Gasteiger partial charge in [0, 0.05) is 62.9 Å². The molecule has 1 amide bonds. The number of fused-ring (bicyclic) bond motifs is 1. The number of hydrogen-bond acceptors (Lipinski definition) is 8. The number of likely N-dealkylation sites (tertiary alicyclic amines) is 1. The number of methoxy groups -OCH3 is 1. The number of ether oxygens (including phenoxy) is 2. The summed E-state index contributed by atoms with van der Waals surface area (Å²) in [6.45, 7) is 9.62. The SMILES string of the molecule is CO[C@H]1CCN(CCOc2ccnc(-c3nc4c(c(N(C)CC(=O)NC(C)(C)C)n3)CCC4)c2)C1. The van der Waals surface area contributed by atoms with Gasteiger partial charge in [-0.1, -0.05) is 0 Å². The molecule has 1 N–H and O–H groups in total. The molecule has 0 spiro atoms. The first-order chi connectivity index (χ1) is 16.7. The van der Waals surface area contributed by atoms with E-state index >= 15 is 0 Å². The van der Waals surface area contributed by atoms with Gasteiger partial charge in [0.15, 0.2) is 5.82 Å². The zero-order chi connectivity index (χ0) is 25.0. The van der Waals surface area contributed by atoms with Crippen molar-refractivity contribution in [3.05, 3.63) is 29.6 Å². The molecule has 0 aromatic carbocycles. The van der Waals surface area contributed by atoms with Gasteiger partial charge in [0.05, 0.1) is 12.6 Å². The average molecular weight is 483 g/mol. The van der Waals surface area contributed by atoms with E-state index in [0.29, 0.717) is 24.2 Å². The van der Waals surface area contributed by atoms with Crippen LogP contribution in [0.25, 0.3) is 11.5 Å². The first-order valence-electron chi connectivity index (χ1n) is 12.5. The molecule has 3 heterocycles. The van der Waals surface area contributed by atoms with Gasteiger partial charge >= 0.3 is 0 Å². The van der Waals surface area contributed by atoms with E-state index in [-0.39, 0.29) is 18.0 Å². The smallest absolute Gasteiger partial charge is 0.239 e. The summed E-state index contributed by atoms with van der Waals surface area (Å²) in [7, 11) is 3.68. The minimum atomic E-state index is -0.276. The lowest BCUT2D eigenvalue weighted by molar-refractivity contribution is -0.121. The van der Waals surface area contributed by atoms with Gasteiger partial charge in [-0.2, -0.15) is 0 Å². The molecule has 1 saturated heterocycles. The van der Waals surface area contributed by atoms with E-state index in [2.05, 4.69) is 15.2 Å². The van der Waals surface area contributed by atoms with Crippen molar-refractivity contribution in [3.8, 4) is 17.3 Å². The molecule has 1 aliphatic heterocycles. The minimum Gasteiger partial charge on any atom is -0.492 e. The fourth-order valence-corrected chi connectivity index (χ4v) is 4.70. The highest BCUT2D eigenvalue weighted by Gasteiger charge is 2.25. The number of aromatic nitrogens is 3. The number of carbonyl (C=O) groups is 1. The van der Waals surface area contributed by atoms with Crippen LogP contribution < -0.4 is 15.0 Å². The van der Waals surface area contributed by atoms with Crippen molar-refractivity contribution in [1.29, 1.82) is 0 Å². The lowest BCUT2D eigenvalue weighted by Gasteiger charge is -2.25. The third kappa shape index (κ3) is 6.67. The minimum absolute atomic E-state index is 0.0322. The summed E-state index contributed by atoms with van der Waals surface area (Å²) in [5, 5.41) is 3.02. The Morgan fingerprint density at radius 1 is 1.29 bits per heavy atom. The number of anilines is 1. The normalized spacial score (nSPS) is 17.9. The highest BCUT2D eigenvalue weighted by molar-refractivity contribution is 5.82. The predicted molar refractivity (Wildman–Crippen MR) is 136 cm³/mol. The number of amides is 1. The number of rotatable bonds is 9. The Hall–Kier alpha value is -2.78. The molecule has 1 atom stereocenters. The largest absolute Gasteiger partial charge is 0.492 e.